The Morgan fingerprint density at radius 2 is 0.726 bits per heavy atom. The lowest BCUT2D eigenvalue weighted by molar-refractivity contribution is 0.669. The Kier molecular flexibility index (Phi) is 8.65. The number of rotatable bonds is 7. The Hall–Kier alpha value is -7.99. The normalized spacial score (nSPS) is 11.5. The molecular formula is C57H35N3OS. The number of thiophene rings is 1. The van der Waals surface area contributed by atoms with Gasteiger partial charge in [0.15, 0.2) is 17.5 Å². The van der Waals surface area contributed by atoms with Gasteiger partial charge in [-0.25, -0.2) is 15.0 Å². The van der Waals surface area contributed by atoms with Crippen LogP contribution >= 0.6 is 11.3 Å². The van der Waals surface area contributed by atoms with E-state index < -0.39 is 0 Å². The van der Waals surface area contributed by atoms with Gasteiger partial charge in [-0.05, 0) is 62.7 Å². The molecule has 9 aromatic carbocycles. The summed E-state index contributed by atoms with van der Waals surface area (Å²) in [5.41, 5.74) is 13.9. The zero-order chi connectivity index (χ0) is 41.0. The van der Waals surface area contributed by atoms with Crippen molar-refractivity contribution in [1.29, 1.82) is 0 Å². The average Bonchev–Trinajstić information content (AvgIpc) is 3.93. The SMILES string of the molecule is c1ccc(-c2ccc(-c3cccc4c3sc3c(-c5ccc(-c6nc(-c7ccccc7)nc(-c7cccc8oc9ccc(-c%10ccccc%10)cc9c78)n6)cc5)cccc34)cc2)cc1. The van der Waals surface area contributed by atoms with E-state index in [1.54, 1.807) is 0 Å². The molecule has 62 heavy (non-hydrogen) atoms. The fraction of sp³-hybridized carbons (Fsp3) is 0. The second-order valence-corrected chi connectivity index (χ2v) is 16.5. The molecule has 0 saturated heterocycles. The molecule has 0 atom stereocenters. The predicted octanol–water partition coefficient (Wildman–Crippen LogP) is 15.8. The molecule has 3 aromatic heterocycles. The van der Waals surface area contributed by atoms with Crippen molar-refractivity contribution in [3.8, 4) is 78.7 Å². The van der Waals surface area contributed by atoms with Gasteiger partial charge in [0.2, 0.25) is 0 Å². The van der Waals surface area contributed by atoms with Crippen LogP contribution < -0.4 is 0 Å². The molecule has 0 fully saturated rings. The molecule has 0 bridgehead atoms. The minimum Gasteiger partial charge on any atom is -0.456 e. The third kappa shape index (κ3) is 6.26. The van der Waals surface area contributed by atoms with Crippen molar-refractivity contribution in [2.45, 2.75) is 0 Å². The minimum absolute atomic E-state index is 0.594. The molecule has 290 valence electrons. The number of fused-ring (bicyclic) bond motifs is 6. The minimum atomic E-state index is 0.594. The molecule has 0 N–H and O–H groups in total. The van der Waals surface area contributed by atoms with Crippen LogP contribution in [-0.4, -0.2) is 15.0 Å². The van der Waals surface area contributed by atoms with E-state index in [-0.39, 0.29) is 0 Å². The molecule has 0 radical (unpaired) electrons. The number of hydrogen-bond donors (Lipinski definition) is 0. The van der Waals surface area contributed by atoms with E-state index in [4.69, 9.17) is 19.4 Å². The van der Waals surface area contributed by atoms with Crippen LogP contribution in [0.3, 0.4) is 0 Å². The van der Waals surface area contributed by atoms with Crippen LogP contribution in [0.5, 0.6) is 0 Å². The highest BCUT2D eigenvalue weighted by Gasteiger charge is 2.19. The van der Waals surface area contributed by atoms with Crippen molar-refractivity contribution in [3.05, 3.63) is 212 Å². The van der Waals surface area contributed by atoms with Crippen LogP contribution in [0.2, 0.25) is 0 Å². The van der Waals surface area contributed by atoms with Gasteiger partial charge in [-0.15, -0.1) is 11.3 Å². The maximum absolute atomic E-state index is 6.42. The highest BCUT2D eigenvalue weighted by Crippen LogP contribution is 2.44. The van der Waals surface area contributed by atoms with Crippen LogP contribution in [0.15, 0.2) is 217 Å². The lowest BCUT2D eigenvalue weighted by Crippen LogP contribution is -2.00. The second-order valence-electron chi connectivity index (χ2n) is 15.5. The van der Waals surface area contributed by atoms with Gasteiger partial charge < -0.3 is 4.42 Å². The van der Waals surface area contributed by atoms with Crippen molar-refractivity contribution in [1.82, 2.24) is 15.0 Å². The third-order valence-corrected chi connectivity index (χ3v) is 13.1. The summed E-state index contributed by atoms with van der Waals surface area (Å²) in [6.07, 6.45) is 0. The van der Waals surface area contributed by atoms with Gasteiger partial charge >= 0.3 is 0 Å². The molecular weight excluding hydrogens is 775 g/mol. The monoisotopic (exact) mass is 809 g/mol. The fourth-order valence-corrected chi connectivity index (χ4v) is 10.1. The Morgan fingerprint density at radius 3 is 1.32 bits per heavy atom. The zero-order valence-corrected chi connectivity index (χ0v) is 34.2. The van der Waals surface area contributed by atoms with Gasteiger partial charge in [-0.3, -0.25) is 0 Å². The fourth-order valence-electron chi connectivity index (χ4n) is 8.71. The van der Waals surface area contributed by atoms with Crippen molar-refractivity contribution in [2.24, 2.45) is 0 Å². The van der Waals surface area contributed by atoms with Crippen molar-refractivity contribution in [3.63, 3.8) is 0 Å². The first kappa shape index (κ1) is 35.9. The molecule has 3 heterocycles. The number of aromatic nitrogens is 3. The van der Waals surface area contributed by atoms with Gasteiger partial charge in [-0.2, -0.15) is 0 Å². The summed E-state index contributed by atoms with van der Waals surface area (Å²) in [5, 5.41) is 4.54. The van der Waals surface area contributed by atoms with Crippen molar-refractivity contribution < 1.29 is 4.42 Å². The first-order chi connectivity index (χ1) is 30.7. The number of benzene rings is 9. The standard InChI is InChI=1S/C57H35N3OS/c1-4-13-36(14-5-1)38-25-27-39(28-26-38)44-19-10-21-46-47-22-11-20-45(54(47)62-53(44)46)40-29-31-42(32-30-40)56-58-55(41-17-8-3-9-18-41)59-57(60-56)48-23-12-24-51-52(48)49-35-43(33-34-50(49)61-51)37-15-6-2-7-16-37/h1-35H. The van der Waals surface area contributed by atoms with Gasteiger partial charge in [-0.1, -0.05) is 194 Å². The van der Waals surface area contributed by atoms with E-state index in [1.165, 1.54) is 48.0 Å². The van der Waals surface area contributed by atoms with Gasteiger partial charge in [0, 0.05) is 47.6 Å². The Balaban J connectivity index is 0.946. The molecule has 0 aliphatic carbocycles. The lowest BCUT2D eigenvalue weighted by Gasteiger charge is -2.10. The number of furan rings is 1. The summed E-state index contributed by atoms with van der Waals surface area (Å²) in [6.45, 7) is 0. The first-order valence-electron chi connectivity index (χ1n) is 20.8. The summed E-state index contributed by atoms with van der Waals surface area (Å²) in [6, 6.07) is 74.5. The Labute approximate surface area is 362 Å². The molecule has 12 rings (SSSR count). The number of hydrogen-bond acceptors (Lipinski definition) is 5. The van der Waals surface area contributed by atoms with Crippen LogP contribution in [0.1, 0.15) is 0 Å². The molecule has 0 amide bonds. The molecule has 12 aromatic rings. The largest absolute Gasteiger partial charge is 0.456 e. The van der Waals surface area contributed by atoms with Gasteiger partial charge in [0.1, 0.15) is 11.2 Å². The first-order valence-corrected chi connectivity index (χ1v) is 21.6. The van der Waals surface area contributed by atoms with Crippen LogP contribution in [0.4, 0.5) is 0 Å². The highest BCUT2D eigenvalue weighted by molar-refractivity contribution is 7.26. The predicted molar refractivity (Wildman–Crippen MR) is 258 cm³/mol. The van der Waals surface area contributed by atoms with Crippen LogP contribution in [0.25, 0.3) is 121 Å². The molecule has 0 aliphatic heterocycles. The van der Waals surface area contributed by atoms with E-state index in [0.29, 0.717) is 17.5 Å². The summed E-state index contributed by atoms with van der Waals surface area (Å²) in [5.74, 6) is 1.82. The van der Waals surface area contributed by atoms with E-state index in [9.17, 15) is 0 Å². The quantitative estimate of drug-likeness (QED) is 0.161. The lowest BCUT2D eigenvalue weighted by atomic mass is 9.98. The van der Waals surface area contributed by atoms with Crippen LogP contribution in [0, 0.1) is 0 Å². The number of nitrogens with zero attached hydrogens (tertiary/aromatic N) is 3. The average molecular weight is 810 g/mol. The summed E-state index contributed by atoms with van der Waals surface area (Å²) in [4.78, 5) is 15.4. The Bertz CT molecular complexity index is 3600. The van der Waals surface area contributed by atoms with E-state index in [1.807, 2.05) is 59.9 Å². The van der Waals surface area contributed by atoms with E-state index >= 15 is 0 Å². The van der Waals surface area contributed by atoms with Gasteiger partial charge in [0.05, 0.1) is 0 Å². The van der Waals surface area contributed by atoms with Crippen molar-refractivity contribution >= 4 is 53.4 Å². The summed E-state index contributed by atoms with van der Waals surface area (Å²) < 4.78 is 8.98. The van der Waals surface area contributed by atoms with Gasteiger partial charge in [0.25, 0.3) is 0 Å². The van der Waals surface area contributed by atoms with Crippen LogP contribution in [-0.2, 0) is 0 Å². The molecule has 0 saturated carbocycles. The molecule has 0 unspecified atom stereocenters. The second kappa shape index (κ2) is 14.9. The molecule has 0 aliphatic rings. The maximum atomic E-state index is 6.42. The van der Waals surface area contributed by atoms with Crippen molar-refractivity contribution in [2.75, 3.05) is 0 Å². The summed E-state index contributed by atoms with van der Waals surface area (Å²) in [7, 11) is 0. The summed E-state index contributed by atoms with van der Waals surface area (Å²) >= 11 is 1.87. The topological polar surface area (TPSA) is 51.8 Å². The smallest absolute Gasteiger partial charge is 0.164 e. The maximum Gasteiger partial charge on any atom is 0.164 e. The third-order valence-electron chi connectivity index (χ3n) is 11.8. The molecule has 4 nitrogen and oxygen atoms in total. The molecule has 0 spiro atoms. The van der Waals surface area contributed by atoms with E-state index in [0.717, 1.165) is 55.3 Å². The van der Waals surface area contributed by atoms with E-state index in [2.05, 4.69) is 164 Å². The zero-order valence-electron chi connectivity index (χ0n) is 33.4. The molecule has 5 heteroatoms. The Morgan fingerprint density at radius 1 is 0.290 bits per heavy atom. The highest BCUT2D eigenvalue weighted by atomic mass is 32.1.